The van der Waals surface area contributed by atoms with Crippen molar-refractivity contribution in [2.75, 3.05) is 54.9 Å². The SMILES string of the molecule is CC(=O)O.CCCCCCOc1ccc(/C=c2\sc3nc(-c4ccccc4OC(C)=O)nn3c2=O)cc1OC.CCCCCCOc1ccc(/C=c2\sc3nc(-c4ccccc4OC(C)=O)nn3c2=O)cc1OC.CCCCCCOc1ccc(/C=c2\sc3nc(-c4ccccc4OC(C)=O)nn3c2=O)cc1OC.CCCCCCOc1ccc(/C=c2\sc3nc(-c4ccccc4OC(C)=O)nn3c2=O)cc1OC. The van der Waals surface area contributed by atoms with E-state index in [-0.39, 0.29) is 22.2 Å². The van der Waals surface area contributed by atoms with Crippen LogP contribution in [0.1, 0.15) is 187 Å². The number of ether oxygens (including phenoxy) is 12. The number of hydrogen-bond acceptors (Lipinski definition) is 33. The Bertz CT molecular complexity index is 6770. The maximum atomic E-state index is 13.0. The van der Waals surface area contributed by atoms with E-state index in [1.807, 2.05) is 72.8 Å². The van der Waals surface area contributed by atoms with Gasteiger partial charge >= 0.3 is 23.9 Å². The number of carbonyl (C=O) groups excluding carboxylic acids is 4. The molecule has 0 saturated heterocycles. The van der Waals surface area contributed by atoms with Crippen LogP contribution in [0.4, 0.5) is 0 Å². The summed E-state index contributed by atoms with van der Waals surface area (Å²) in [7, 11) is 6.39. The Kier molecular flexibility index (Phi) is 39.9. The van der Waals surface area contributed by atoms with Gasteiger partial charge in [0.25, 0.3) is 28.2 Å². The van der Waals surface area contributed by atoms with Crippen LogP contribution in [0.2, 0.25) is 0 Å². The normalized spacial score (nSPS) is 11.5. The number of esters is 4. The molecule has 8 heterocycles. The van der Waals surface area contributed by atoms with Gasteiger partial charge in [-0.3, -0.25) is 43.2 Å². The number of fused-ring (bicyclic) bond motifs is 4. The molecule has 34 nitrogen and oxygen atoms in total. The van der Waals surface area contributed by atoms with E-state index >= 15 is 0 Å². The van der Waals surface area contributed by atoms with Crippen molar-refractivity contribution in [2.24, 2.45) is 0 Å². The molecule has 0 atom stereocenters. The number of benzene rings is 8. The predicted octanol–water partition coefficient (Wildman–Crippen LogP) is 17.1. The van der Waals surface area contributed by atoms with Crippen LogP contribution in [-0.4, -0.2) is 148 Å². The molecule has 38 heteroatoms. The van der Waals surface area contributed by atoms with Gasteiger partial charge in [0.2, 0.25) is 19.8 Å². The third-order valence-corrected chi connectivity index (χ3v) is 25.1. The van der Waals surface area contributed by atoms with Gasteiger partial charge in [0.05, 0.1) is 95.2 Å². The lowest BCUT2D eigenvalue weighted by Crippen LogP contribution is -2.23. The maximum absolute atomic E-state index is 13.0. The minimum Gasteiger partial charge on any atom is -0.493 e. The van der Waals surface area contributed by atoms with Crippen molar-refractivity contribution in [3.05, 3.63) is 252 Å². The van der Waals surface area contributed by atoms with Crippen molar-refractivity contribution in [3.63, 3.8) is 0 Å². The van der Waals surface area contributed by atoms with Crippen LogP contribution in [0.15, 0.2) is 189 Å². The predicted molar refractivity (Wildman–Crippen MR) is 554 cm³/mol. The third kappa shape index (κ3) is 29.4. The number of aromatic nitrogens is 12. The molecule has 144 heavy (non-hydrogen) atoms. The van der Waals surface area contributed by atoms with Crippen molar-refractivity contribution in [3.8, 4) is 115 Å². The molecule has 0 fully saturated rings. The number of carboxylic acids is 1. The molecule has 0 radical (unpaired) electrons. The van der Waals surface area contributed by atoms with Crippen LogP contribution in [0.25, 0.3) is 89.7 Å². The molecule has 0 unspecified atom stereocenters. The number of nitrogens with zero attached hydrogens (tertiary/aromatic N) is 12. The summed E-state index contributed by atoms with van der Waals surface area (Å²) < 4.78 is 73.5. The second kappa shape index (κ2) is 53.4. The summed E-state index contributed by atoms with van der Waals surface area (Å²) in [6.45, 7) is 17.7. The van der Waals surface area contributed by atoms with Crippen LogP contribution in [0.5, 0.6) is 69.0 Å². The Hall–Kier alpha value is -15.4. The van der Waals surface area contributed by atoms with Gasteiger partial charge in [0, 0.05) is 34.6 Å². The van der Waals surface area contributed by atoms with Crippen LogP contribution < -0.4 is 97.2 Å². The van der Waals surface area contributed by atoms with Crippen molar-refractivity contribution in [1.82, 2.24) is 58.4 Å². The minimum absolute atomic E-state index is 0.274. The first-order chi connectivity index (χ1) is 69.7. The molecule has 752 valence electrons. The highest BCUT2D eigenvalue weighted by atomic mass is 32.1. The average molecular weight is 2030 g/mol. The van der Waals surface area contributed by atoms with Gasteiger partial charge in [0.15, 0.2) is 69.3 Å². The van der Waals surface area contributed by atoms with Crippen molar-refractivity contribution >= 4 is 119 Å². The molecule has 0 spiro atoms. The van der Waals surface area contributed by atoms with Gasteiger partial charge in [-0.15, -0.1) is 20.4 Å². The summed E-state index contributed by atoms with van der Waals surface area (Å²) in [5, 5.41) is 24.9. The number of carboxylic acid groups (broad SMARTS) is 1. The van der Waals surface area contributed by atoms with Crippen LogP contribution in [-0.2, 0) is 24.0 Å². The highest BCUT2D eigenvalue weighted by Gasteiger charge is 2.24. The van der Waals surface area contributed by atoms with E-state index in [1.54, 1.807) is 150 Å². The fourth-order valence-electron chi connectivity index (χ4n) is 14.4. The van der Waals surface area contributed by atoms with E-state index in [0.717, 1.165) is 80.5 Å². The first-order valence-corrected chi connectivity index (χ1v) is 50.2. The van der Waals surface area contributed by atoms with E-state index in [2.05, 4.69) is 68.0 Å². The molecule has 0 aliphatic rings. The molecule has 0 bridgehead atoms. The molecule has 8 aromatic carbocycles. The molecule has 0 aliphatic carbocycles. The summed E-state index contributed by atoms with van der Waals surface area (Å²) in [5.74, 6) is 5.25. The van der Waals surface area contributed by atoms with E-state index in [1.165, 1.54) is 142 Å². The second-order valence-corrected chi connectivity index (χ2v) is 36.4. The first kappa shape index (κ1) is 107. The van der Waals surface area contributed by atoms with Crippen LogP contribution in [0.3, 0.4) is 0 Å². The summed E-state index contributed by atoms with van der Waals surface area (Å²) in [6, 6.07) is 50.2. The van der Waals surface area contributed by atoms with Crippen LogP contribution in [0, 0.1) is 0 Å². The van der Waals surface area contributed by atoms with Gasteiger partial charge < -0.3 is 61.9 Å². The maximum Gasteiger partial charge on any atom is 0.308 e. The quantitative estimate of drug-likeness (QED) is 0.0212. The zero-order chi connectivity index (χ0) is 103. The molecule has 0 saturated carbocycles. The van der Waals surface area contributed by atoms with E-state index in [9.17, 15) is 38.4 Å². The molecular weight excluding hydrogens is 1920 g/mol. The number of para-hydroxylation sites is 4. The number of hydrogen-bond donors (Lipinski definition) is 1. The van der Waals surface area contributed by atoms with Crippen molar-refractivity contribution in [2.45, 2.75) is 165 Å². The molecular formula is C106H112N12O22S4. The number of rotatable bonds is 40. The number of thiazole rings is 4. The molecule has 8 aromatic heterocycles. The molecule has 0 amide bonds. The summed E-state index contributed by atoms with van der Waals surface area (Å²) >= 11 is 4.94. The zero-order valence-electron chi connectivity index (χ0n) is 82.1. The number of carbonyl (C=O) groups is 5. The Labute approximate surface area is 844 Å². The summed E-state index contributed by atoms with van der Waals surface area (Å²) in [4.78, 5) is 126. The van der Waals surface area contributed by atoms with Crippen LogP contribution >= 0.6 is 45.3 Å². The fourth-order valence-corrected chi connectivity index (χ4v) is 18.0. The Morgan fingerprint density at radius 3 is 0.667 bits per heavy atom. The summed E-state index contributed by atoms with van der Waals surface area (Å²) in [5.41, 5.74) is 4.30. The topological polar surface area (TPSA) is 405 Å². The van der Waals surface area contributed by atoms with Gasteiger partial charge in [-0.1, -0.05) is 223 Å². The highest BCUT2D eigenvalue weighted by molar-refractivity contribution is 7.16. The largest absolute Gasteiger partial charge is 0.493 e. The van der Waals surface area contributed by atoms with Crippen molar-refractivity contribution < 1.29 is 85.9 Å². The van der Waals surface area contributed by atoms with Gasteiger partial charge in [-0.25, -0.2) is 0 Å². The number of unbranched alkanes of at least 4 members (excludes halogenated alkanes) is 12. The summed E-state index contributed by atoms with van der Waals surface area (Å²) in [6.07, 6.45) is 25.2. The van der Waals surface area contributed by atoms with E-state index < -0.39 is 29.8 Å². The first-order valence-electron chi connectivity index (χ1n) is 46.9. The van der Waals surface area contributed by atoms with E-state index in [0.29, 0.717) is 179 Å². The Balaban J connectivity index is 0.000000169. The number of methoxy groups -OCH3 is 4. The van der Waals surface area contributed by atoms with Crippen molar-refractivity contribution in [1.29, 1.82) is 0 Å². The van der Waals surface area contributed by atoms with Gasteiger partial charge in [-0.05, 0) is 169 Å². The zero-order valence-corrected chi connectivity index (χ0v) is 85.4. The molecule has 1 N–H and O–H groups in total. The fraction of sp³-hybridized carbons (Fsp3) is 0.311. The minimum atomic E-state index is -0.833. The number of aliphatic carboxylic acids is 1. The molecule has 16 rings (SSSR count). The lowest BCUT2D eigenvalue weighted by Gasteiger charge is -2.11. The Morgan fingerprint density at radius 2 is 0.486 bits per heavy atom. The molecule has 0 aliphatic heterocycles. The molecule has 16 aromatic rings. The van der Waals surface area contributed by atoms with E-state index in [4.69, 9.17) is 66.7 Å². The second-order valence-electron chi connectivity index (χ2n) is 32.3. The lowest BCUT2D eigenvalue weighted by molar-refractivity contribution is -0.135. The smallest absolute Gasteiger partial charge is 0.308 e. The lowest BCUT2D eigenvalue weighted by atomic mass is 10.2. The standard InChI is InChI=1S/4C26H27N3O5S.C2H4O2/c4*1-4-5-6-9-14-33-21-13-12-18(15-22(21)32-3)16-23-25(31)29-26(35-23)27-24(28-29)19-10-7-8-11-20(19)34-17(2)30;1-2(3)4/h4*7-8,10-13,15-16H,4-6,9,14H2,1-3H3;1H3,(H,3,4)/b4*23-16-;. The Morgan fingerprint density at radius 1 is 0.285 bits per heavy atom. The highest BCUT2D eigenvalue weighted by Crippen LogP contribution is 2.37. The average Bonchev–Trinajstić information content (AvgIpc) is 1.63. The third-order valence-electron chi connectivity index (χ3n) is 21.2. The van der Waals surface area contributed by atoms with Gasteiger partial charge in [-0.2, -0.15) is 38.0 Å². The van der Waals surface area contributed by atoms with Gasteiger partial charge in [0.1, 0.15) is 23.0 Å². The monoisotopic (exact) mass is 2030 g/mol.